The summed E-state index contributed by atoms with van der Waals surface area (Å²) in [5, 5.41) is 0. The topological polar surface area (TPSA) is 37.1 Å². The van der Waals surface area contributed by atoms with Crippen LogP contribution in [0.25, 0.3) is 0 Å². The van der Waals surface area contributed by atoms with Crippen molar-refractivity contribution in [3.63, 3.8) is 0 Å². The van der Waals surface area contributed by atoms with E-state index >= 15 is 0 Å². The van der Waals surface area contributed by atoms with Crippen LogP contribution >= 0.6 is 0 Å². The first kappa shape index (κ1) is 5.15. The average molecular weight is 112 g/mol. The van der Waals surface area contributed by atoms with Crippen LogP contribution in [0.2, 0.25) is 0 Å². The molecule has 0 unspecified atom stereocenters. The monoisotopic (exact) mass is 112 g/mol. The molecule has 1 rings (SSSR count). The second-order valence-electron chi connectivity index (χ2n) is 1.75. The Kier molecular flexibility index (Phi) is 0.970. The lowest BCUT2D eigenvalue weighted by molar-refractivity contribution is -0.408. The van der Waals surface area contributed by atoms with E-state index in [0.29, 0.717) is 23.3 Å². The maximum atomic E-state index is 10.4. The minimum atomic E-state index is -0.366. The second kappa shape index (κ2) is 1.51. The van der Waals surface area contributed by atoms with E-state index in [1.165, 1.54) is 0 Å². The van der Waals surface area contributed by atoms with Crippen molar-refractivity contribution < 1.29 is 9.55 Å². The van der Waals surface area contributed by atoms with Gasteiger partial charge in [-0.2, -0.15) is 0 Å². The molecule has 1 heterocycles. The summed E-state index contributed by atoms with van der Waals surface area (Å²) >= 11 is 0. The van der Waals surface area contributed by atoms with E-state index in [0.717, 1.165) is 0 Å². The van der Waals surface area contributed by atoms with E-state index in [1.807, 2.05) is 0 Å². The fraction of sp³-hybridized carbons (Fsp3) is 0.400. The molecular weight excluding hydrogens is 106 g/mol. The van der Waals surface area contributed by atoms with Crippen LogP contribution in [0.5, 0.6) is 0 Å². The standard InChI is InChI=1S/C5H6NO2/c1-4-2-3-5(7)6(4)8/h1-3H2/q+1. The van der Waals surface area contributed by atoms with Gasteiger partial charge in [-0.15, -0.1) is 0 Å². The SMILES string of the molecule is C=C1CCC(=O)[N+]1=O. The zero-order valence-corrected chi connectivity index (χ0v) is 4.39. The van der Waals surface area contributed by atoms with Gasteiger partial charge in [-0.1, -0.05) is 0 Å². The van der Waals surface area contributed by atoms with Gasteiger partial charge in [0.2, 0.25) is 5.70 Å². The van der Waals surface area contributed by atoms with E-state index in [-0.39, 0.29) is 5.91 Å². The van der Waals surface area contributed by atoms with Crippen LogP contribution in [0.1, 0.15) is 12.8 Å². The van der Waals surface area contributed by atoms with E-state index < -0.39 is 0 Å². The first-order valence-electron chi connectivity index (χ1n) is 2.39. The van der Waals surface area contributed by atoms with Crippen molar-refractivity contribution in [1.29, 1.82) is 0 Å². The summed E-state index contributed by atoms with van der Waals surface area (Å²) in [6.07, 6.45) is 0.866. The van der Waals surface area contributed by atoms with Gasteiger partial charge in [-0.05, 0) is 6.58 Å². The quantitative estimate of drug-likeness (QED) is 0.430. The fourth-order valence-corrected chi connectivity index (χ4v) is 0.631. The van der Waals surface area contributed by atoms with Gasteiger partial charge in [0.05, 0.1) is 12.8 Å². The summed E-state index contributed by atoms with van der Waals surface area (Å²) in [7, 11) is 0. The maximum absolute atomic E-state index is 10.4. The number of nitroso groups, excluding NO2 is 1. The molecule has 0 spiro atoms. The van der Waals surface area contributed by atoms with Gasteiger partial charge in [-0.3, -0.25) is 0 Å². The summed E-state index contributed by atoms with van der Waals surface area (Å²) in [4.78, 5) is 20.7. The van der Waals surface area contributed by atoms with Gasteiger partial charge in [0.1, 0.15) is 4.76 Å². The smallest absolute Gasteiger partial charge is 0.214 e. The highest BCUT2D eigenvalue weighted by Gasteiger charge is 2.34. The van der Waals surface area contributed by atoms with Crippen LogP contribution in [0, 0.1) is 4.91 Å². The van der Waals surface area contributed by atoms with E-state index in [9.17, 15) is 9.70 Å². The number of carbonyl (C=O) groups excluding carboxylic acids is 1. The Hall–Kier alpha value is -0.990. The van der Waals surface area contributed by atoms with E-state index in [2.05, 4.69) is 6.58 Å². The maximum Gasteiger partial charge on any atom is 0.440 e. The highest BCUT2D eigenvalue weighted by atomic mass is 16.3. The lowest BCUT2D eigenvalue weighted by atomic mass is 10.3. The highest BCUT2D eigenvalue weighted by Crippen LogP contribution is 2.13. The van der Waals surface area contributed by atoms with Crippen LogP contribution in [0.15, 0.2) is 12.3 Å². The largest absolute Gasteiger partial charge is 0.440 e. The van der Waals surface area contributed by atoms with Gasteiger partial charge >= 0.3 is 5.91 Å². The number of allylic oxidation sites excluding steroid dienone is 1. The van der Waals surface area contributed by atoms with E-state index in [1.54, 1.807) is 0 Å². The van der Waals surface area contributed by atoms with Gasteiger partial charge in [0.25, 0.3) is 0 Å². The van der Waals surface area contributed by atoms with Crippen LogP contribution in [0.3, 0.4) is 0 Å². The van der Waals surface area contributed by atoms with Crippen molar-refractivity contribution in [2.45, 2.75) is 12.8 Å². The third-order valence-electron chi connectivity index (χ3n) is 1.14. The molecule has 0 bridgehead atoms. The number of hydrogen-bond donors (Lipinski definition) is 0. The molecule has 0 aromatic rings. The van der Waals surface area contributed by atoms with Crippen molar-refractivity contribution in [2.24, 2.45) is 0 Å². The highest BCUT2D eigenvalue weighted by molar-refractivity contribution is 5.70. The van der Waals surface area contributed by atoms with Crippen LogP contribution in [-0.4, -0.2) is 10.7 Å². The van der Waals surface area contributed by atoms with Crippen molar-refractivity contribution in [1.82, 2.24) is 0 Å². The van der Waals surface area contributed by atoms with Gasteiger partial charge in [0, 0.05) is 4.91 Å². The Morgan fingerprint density at radius 2 is 2.12 bits per heavy atom. The first-order valence-corrected chi connectivity index (χ1v) is 2.39. The summed E-state index contributed by atoms with van der Waals surface area (Å²) < 4.78 is 0.361. The van der Waals surface area contributed by atoms with Crippen molar-refractivity contribution in [3.8, 4) is 0 Å². The zero-order valence-electron chi connectivity index (χ0n) is 4.39. The number of nitrogens with zero attached hydrogens (tertiary/aromatic N) is 1. The van der Waals surface area contributed by atoms with Crippen LogP contribution < -0.4 is 0 Å². The predicted octanol–water partition coefficient (Wildman–Crippen LogP) is 0.599. The molecule has 0 aromatic heterocycles. The Morgan fingerprint density at radius 3 is 2.25 bits per heavy atom. The molecule has 0 saturated carbocycles. The zero-order chi connectivity index (χ0) is 6.15. The molecule has 1 aliphatic rings. The third-order valence-corrected chi connectivity index (χ3v) is 1.14. The van der Waals surface area contributed by atoms with E-state index in [4.69, 9.17) is 0 Å². The molecule has 1 saturated heterocycles. The number of hydrogen-bond acceptors (Lipinski definition) is 2. The molecule has 3 nitrogen and oxygen atoms in total. The number of amides is 1. The molecule has 1 fully saturated rings. The minimum Gasteiger partial charge on any atom is -0.214 e. The summed E-state index contributed by atoms with van der Waals surface area (Å²) in [6, 6.07) is 0. The Bertz CT molecular complexity index is 153. The molecule has 3 heteroatoms. The molecule has 8 heavy (non-hydrogen) atoms. The molecular formula is C5H6NO2+. The van der Waals surface area contributed by atoms with Crippen LogP contribution in [-0.2, 0) is 4.79 Å². The summed E-state index contributed by atoms with van der Waals surface area (Å²) in [5.74, 6) is -0.366. The average Bonchev–Trinajstić information content (AvgIpc) is 1.98. The molecule has 0 radical (unpaired) electrons. The molecule has 1 amide bonds. The molecule has 0 aromatic carbocycles. The van der Waals surface area contributed by atoms with Gasteiger partial charge in [-0.25, -0.2) is 4.79 Å². The lowest BCUT2D eigenvalue weighted by Crippen LogP contribution is -2.05. The van der Waals surface area contributed by atoms with Crippen LogP contribution in [0.4, 0.5) is 0 Å². The second-order valence-corrected chi connectivity index (χ2v) is 1.75. The summed E-state index contributed by atoms with van der Waals surface area (Å²) in [5.41, 5.74) is 0.384. The summed E-state index contributed by atoms with van der Waals surface area (Å²) in [6.45, 7) is 3.38. The molecule has 0 N–H and O–H groups in total. The normalized spacial score (nSPS) is 20.2. The van der Waals surface area contributed by atoms with Crippen molar-refractivity contribution >= 4 is 5.91 Å². The number of rotatable bonds is 0. The van der Waals surface area contributed by atoms with Crippen molar-refractivity contribution in [2.75, 3.05) is 0 Å². The first-order chi connectivity index (χ1) is 3.72. The molecule has 0 atom stereocenters. The Balaban J connectivity index is 2.86. The van der Waals surface area contributed by atoms with Gasteiger partial charge < -0.3 is 0 Å². The third kappa shape index (κ3) is 0.559. The fourth-order valence-electron chi connectivity index (χ4n) is 0.631. The van der Waals surface area contributed by atoms with Crippen molar-refractivity contribution in [3.05, 3.63) is 17.2 Å². The lowest BCUT2D eigenvalue weighted by Gasteiger charge is -1.69. The molecule has 1 aliphatic heterocycles. The predicted molar refractivity (Wildman–Crippen MR) is 27.0 cm³/mol. The molecule has 42 valence electrons. The Labute approximate surface area is 46.6 Å². The van der Waals surface area contributed by atoms with Gasteiger partial charge in [0.15, 0.2) is 0 Å². The Morgan fingerprint density at radius 1 is 1.50 bits per heavy atom. The number of carbonyl (C=O) groups is 1. The molecule has 0 aliphatic carbocycles. The minimum absolute atomic E-state index is 0.336.